The normalized spacial score (nSPS) is 10.7. The van der Waals surface area contributed by atoms with Crippen LogP contribution in [0.5, 0.6) is 0 Å². The lowest BCUT2D eigenvalue weighted by molar-refractivity contribution is 0.867. The summed E-state index contributed by atoms with van der Waals surface area (Å²) in [5, 5.41) is 3.30. The van der Waals surface area contributed by atoms with E-state index in [2.05, 4.69) is 46.7 Å². The molecule has 5 nitrogen and oxygen atoms in total. The van der Waals surface area contributed by atoms with Crippen LogP contribution in [0.4, 0.5) is 17.3 Å². The van der Waals surface area contributed by atoms with E-state index in [1.165, 1.54) is 5.56 Å². The van der Waals surface area contributed by atoms with E-state index < -0.39 is 0 Å². The van der Waals surface area contributed by atoms with Crippen LogP contribution in [0.2, 0.25) is 0 Å². The summed E-state index contributed by atoms with van der Waals surface area (Å²) in [6, 6.07) is 10.1. The highest BCUT2D eigenvalue weighted by atomic mass is 15.3. The average molecular weight is 271 g/mol. The van der Waals surface area contributed by atoms with Gasteiger partial charge in [0, 0.05) is 18.2 Å². The zero-order chi connectivity index (χ0) is 14.5. The van der Waals surface area contributed by atoms with E-state index in [9.17, 15) is 0 Å². The Morgan fingerprint density at radius 3 is 2.55 bits per heavy atom. The third-order valence-corrected chi connectivity index (χ3v) is 3.06. The monoisotopic (exact) mass is 271 g/mol. The number of nitrogens with one attached hydrogen (secondary N) is 2. The molecular formula is C15H21N5. The molecule has 0 unspecified atom stereocenters. The predicted molar refractivity (Wildman–Crippen MR) is 83.0 cm³/mol. The standard InChI is InChI=1S/C15H21N5/c1-4-13-18-14(9-15(19-13)20-16)17-12-7-5-6-11(8-12)10(2)3/h5-10H,4,16H2,1-3H3,(H2,17,18,19,20). The molecule has 1 aromatic heterocycles. The maximum absolute atomic E-state index is 5.43. The van der Waals surface area contributed by atoms with Crippen molar-refractivity contribution in [1.82, 2.24) is 9.97 Å². The zero-order valence-corrected chi connectivity index (χ0v) is 12.1. The molecule has 0 atom stereocenters. The Kier molecular flexibility index (Phi) is 4.53. The van der Waals surface area contributed by atoms with Crippen LogP contribution in [-0.4, -0.2) is 9.97 Å². The first-order valence-electron chi connectivity index (χ1n) is 6.84. The van der Waals surface area contributed by atoms with E-state index >= 15 is 0 Å². The van der Waals surface area contributed by atoms with Crippen LogP contribution in [0.15, 0.2) is 30.3 Å². The van der Waals surface area contributed by atoms with E-state index in [-0.39, 0.29) is 0 Å². The Balaban J connectivity index is 2.27. The summed E-state index contributed by atoms with van der Waals surface area (Å²) in [6.45, 7) is 6.36. The van der Waals surface area contributed by atoms with Crippen molar-refractivity contribution in [2.45, 2.75) is 33.1 Å². The molecule has 0 radical (unpaired) electrons. The van der Waals surface area contributed by atoms with Gasteiger partial charge in [0.1, 0.15) is 17.5 Å². The number of anilines is 3. The van der Waals surface area contributed by atoms with Crippen LogP contribution in [-0.2, 0) is 6.42 Å². The third kappa shape index (κ3) is 3.45. The van der Waals surface area contributed by atoms with Crippen LogP contribution in [0.1, 0.15) is 38.1 Å². The molecule has 0 fully saturated rings. The van der Waals surface area contributed by atoms with Gasteiger partial charge in [0.25, 0.3) is 0 Å². The Morgan fingerprint density at radius 2 is 1.90 bits per heavy atom. The Hall–Kier alpha value is -2.14. The van der Waals surface area contributed by atoms with Crippen LogP contribution >= 0.6 is 0 Å². The third-order valence-electron chi connectivity index (χ3n) is 3.06. The minimum Gasteiger partial charge on any atom is -0.340 e. The largest absolute Gasteiger partial charge is 0.340 e. The maximum Gasteiger partial charge on any atom is 0.145 e. The average Bonchev–Trinajstić information content (AvgIpc) is 2.47. The molecule has 0 saturated carbocycles. The zero-order valence-electron chi connectivity index (χ0n) is 12.1. The predicted octanol–water partition coefficient (Wildman–Crippen LogP) is 3.19. The quantitative estimate of drug-likeness (QED) is 0.575. The molecule has 0 aliphatic rings. The van der Waals surface area contributed by atoms with Crippen LogP contribution in [0, 0.1) is 0 Å². The number of hydrogen-bond acceptors (Lipinski definition) is 5. The Bertz CT molecular complexity index is 558. The first kappa shape index (κ1) is 14.3. The van der Waals surface area contributed by atoms with Crippen LogP contribution in [0.25, 0.3) is 0 Å². The fourth-order valence-electron chi connectivity index (χ4n) is 1.92. The molecule has 2 aromatic rings. The summed E-state index contributed by atoms with van der Waals surface area (Å²) >= 11 is 0. The lowest BCUT2D eigenvalue weighted by atomic mass is 10.0. The molecular weight excluding hydrogens is 250 g/mol. The summed E-state index contributed by atoms with van der Waals surface area (Å²) in [7, 11) is 0. The van der Waals surface area contributed by atoms with Gasteiger partial charge in [-0.15, -0.1) is 0 Å². The molecule has 4 N–H and O–H groups in total. The summed E-state index contributed by atoms with van der Waals surface area (Å²) in [6.07, 6.45) is 0.760. The molecule has 1 heterocycles. The van der Waals surface area contributed by atoms with Gasteiger partial charge in [-0.05, 0) is 23.6 Å². The lowest BCUT2D eigenvalue weighted by Crippen LogP contribution is -2.11. The highest BCUT2D eigenvalue weighted by Crippen LogP contribution is 2.22. The van der Waals surface area contributed by atoms with Crippen LogP contribution < -0.4 is 16.6 Å². The van der Waals surface area contributed by atoms with Crippen molar-refractivity contribution in [3.8, 4) is 0 Å². The smallest absolute Gasteiger partial charge is 0.145 e. The molecule has 0 amide bonds. The number of nitrogens with zero attached hydrogens (tertiary/aromatic N) is 2. The van der Waals surface area contributed by atoms with Crippen molar-refractivity contribution in [3.05, 3.63) is 41.7 Å². The van der Waals surface area contributed by atoms with Gasteiger partial charge in [-0.25, -0.2) is 15.8 Å². The molecule has 0 spiro atoms. The van der Waals surface area contributed by atoms with Gasteiger partial charge in [0.15, 0.2) is 0 Å². The van der Waals surface area contributed by atoms with Gasteiger partial charge < -0.3 is 10.7 Å². The molecule has 0 saturated heterocycles. The van der Waals surface area contributed by atoms with Gasteiger partial charge in [0.2, 0.25) is 0 Å². The topological polar surface area (TPSA) is 75.9 Å². The van der Waals surface area contributed by atoms with Crippen molar-refractivity contribution in [2.24, 2.45) is 5.84 Å². The first-order chi connectivity index (χ1) is 9.62. The van der Waals surface area contributed by atoms with E-state index in [0.29, 0.717) is 11.7 Å². The van der Waals surface area contributed by atoms with Crippen molar-refractivity contribution in [2.75, 3.05) is 10.7 Å². The maximum atomic E-state index is 5.43. The minimum absolute atomic E-state index is 0.495. The number of nitrogen functional groups attached to an aromatic ring is 1. The van der Waals surface area contributed by atoms with Gasteiger partial charge >= 0.3 is 0 Å². The molecule has 20 heavy (non-hydrogen) atoms. The van der Waals surface area contributed by atoms with Crippen molar-refractivity contribution in [1.29, 1.82) is 0 Å². The number of hydrogen-bond donors (Lipinski definition) is 3. The van der Waals surface area contributed by atoms with E-state index in [0.717, 1.165) is 23.8 Å². The fraction of sp³-hybridized carbons (Fsp3) is 0.333. The van der Waals surface area contributed by atoms with Gasteiger partial charge in [-0.3, -0.25) is 0 Å². The second kappa shape index (κ2) is 6.34. The van der Waals surface area contributed by atoms with E-state index in [1.807, 2.05) is 19.1 Å². The molecule has 5 heteroatoms. The number of nitrogens with two attached hydrogens (primary N) is 1. The first-order valence-corrected chi connectivity index (χ1v) is 6.84. The van der Waals surface area contributed by atoms with E-state index in [4.69, 9.17) is 5.84 Å². The Morgan fingerprint density at radius 1 is 1.15 bits per heavy atom. The highest BCUT2D eigenvalue weighted by Gasteiger charge is 2.05. The van der Waals surface area contributed by atoms with Gasteiger partial charge in [-0.2, -0.15) is 0 Å². The molecule has 2 rings (SSSR count). The number of hydrazine groups is 1. The molecule has 0 aliphatic heterocycles. The van der Waals surface area contributed by atoms with Crippen molar-refractivity contribution in [3.63, 3.8) is 0 Å². The molecule has 0 bridgehead atoms. The number of aryl methyl sites for hydroxylation is 1. The number of benzene rings is 1. The summed E-state index contributed by atoms with van der Waals surface area (Å²) in [5.41, 5.74) is 4.87. The summed E-state index contributed by atoms with van der Waals surface area (Å²) < 4.78 is 0. The van der Waals surface area contributed by atoms with Crippen molar-refractivity contribution >= 4 is 17.3 Å². The number of rotatable bonds is 5. The van der Waals surface area contributed by atoms with E-state index in [1.54, 1.807) is 6.07 Å². The molecule has 106 valence electrons. The fourth-order valence-corrected chi connectivity index (χ4v) is 1.92. The SMILES string of the molecule is CCc1nc(NN)cc(Nc2cccc(C(C)C)c2)n1. The van der Waals surface area contributed by atoms with Gasteiger partial charge in [-0.1, -0.05) is 32.9 Å². The summed E-state index contributed by atoms with van der Waals surface area (Å²) in [4.78, 5) is 8.72. The second-order valence-electron chi connectivity index (χ2n) is 4.96. The summed E-state index contributed by atoms with van der Waals surface area (Å²) in [5.74, 6) is 8.03. The van der Waals surface area contributed by atoms with Crippen molar-refractivity contribution < 1.29 is 0 Å². The second-order valence-corrected chi connectivity index (χ2v) is 4.96. The van der Waals surface area contributed by atoms with Gasteiger partial charge in [0.05, 0.1) is 0 Å². The lowest BCUT2D eigenvalue weighted by Gasteiger charge is -2.11. The molecule has 1 aromatic carbocycles. The Labute approximate surface area is 119 Å². The van der Waals surface area contributed by atoms with Crippen LogP contribution in [0.3, 0.4) is 0 Å². The minimum atomic E-state index is 0.495. The molecule has 0 aliphatic carbocycles. The number of aromatic nitrogens is 2. The highest BCUT2D eigenvalue weighted by molar-refractivity contribution is 5.60.